The van der Waals surface area contributed by atoms with Crippen LogP contribution in [0.3, 0.4) is 0 Å². The van der Waals surface area contributed by atoms with Gasteiger partial charge in [0.05, 0.1) is 0 Å². The van der Waals surface area contributed by atoms with Gasteiger partial charge < -0.3 is 4.42 Å². The van der Waals surface area contributed by atoms with Crippen LogP contribution in [0.1, 0.15) is 0 Å². The number of fused-ring (bicyclic) bond motifs is 8. The van der Waals surface area contributed by atoms with E-state index in [0.29, 0.717) is 17.5 Å². The van der Waals surface area contributed by atoms with Gasteiger partial charge in [-0.25, -0.2) is 15.0 Å². The fourth-order valence-electron chi connectivity index (χ4n) is 8.02. The lowest BCUT2D eigenvalue weighted by Crippen LogP contribution is -2.00. The van der Waals surface area contributed by atoms with E-state index in [1.807, 2.05) is 36.4 Å². The van der Waals surface area contributed by atoms with Crippen molar-refractivity contribution in [1.29, 1.82) is 0 Å². The Morgan fingerprint density at radius 1 is 0.291 bits per heavy atom. The van der Waals surface area contributed by atoms with Crippen LogP contribution >= 0.6 is 0 Å². The van der Waals surface area contributed by atoms with Gasteiger partial charge in [0.15, 0.2) is 17.5 Å². The summed E-state index contributed by atoms with van der Waals surface area (Å²) in [5, 5.41) is 9.49. The van der Waals surface area contributed by atoms with Crippen LogP contribution in [-0.2, 0) is 0 Å². The van der Waals surface area contributed by atoms with Gasteiger partial charge in [-0.3, -0.25) is 0 Å². The SMILES string of the molecule is c1ccc(-c2cccc(-c3nc(-c4cccc(-c5ccc6ccc7c8ccccc8ccc7c6c5)c4)nc(-c4cccc5oc6ccccc6c45)n3)c2)cc1. The minimum absolute atomic E-state index is 0.595. The largest absolute Gasteiger partial charge is 0.456 e. The Bertz CT molecular complexity index is 3270. The molecule has 9 aromatic carbocycles. The molecule has 0 aliphatic rings. The normalized spacial score (nSPS) is 11.6. The molecule has 0 atom stereocenters. The number of rotatable bonds is 5. The quantitative estimate of drug-likeness (QED) is 0.168. The summed E-state index contributed by atoms with van der Waals surface area (Å²) in [5.74, 6) is 1.81. The summed E-state index contributed by atoms with van der Waals surface area (Å²) in [6.07, 6.45) is 0. The highest BCUT2D eigenvalue weighted by Crippen LogP contribution is 2.38. The molecule has 256 valence electrons. The van der Waals surface area contributed by atoms with Crippen LogP contribution < -0.4 is 0 Å². The van der Waals surface area contributed by atoms with Crippen molar-refractivity contribution in [2.75, 3.05) is 0 Å². The van der Waals surface area contributed by atoms with Gasteiger partial charge in [0, 0.05) is 27.5 Å². The summed E-state index contributed by atoms with van der Waals surface area (Å²) in [6.45, 7) is 0. The van der Waals surface area contributed by atoms with E-state index in [-0.39, 0.29) is 0 Å². The molecule has 2 aromatic heterocycles. The summed E-state index contributed by atoms with van der Waals surface area (Å²) in [4.78, 5) is 15.6. The summed E-state index contributed by atoms with van der Waals surface area (Å²) in [7, 11) is 0. The van der Waals surface area contributed by atoms with Crippen molar-refractivity contribution in [2.45, 2.75) is 0 Å². The highest BCUT2D eigenvalue weighted by molar-refractivity contribution is 6.18. The molecule has 0 aliphatic carbocycles. The van der Waals surface area contributed by atoms with Gasteiger partial charge in [-0.2, -0.15) is 0 Å². The van der Waals surface area contributed by atoms with Crippen molar-refractivity contribution in [1.82, 2.24) is 15.0 Å². The third-order valence-electron chi connectivity index (χ3n) is 10.7. The third-order valence-corrected chi connectivity index (χ3v) is 10.7. The van der Waals surface area contributed by atoms with Crippen LogP contribution in [0.15, 0.2) is 192 Å². The molecule has 0 saturated heterocycles. The first kappa shape index (κ1) is 31.1. The minimum atomic E-state index is 0.595. The predicted octanol–water partition coefficient (Wildman–Crippen LogP) is 13.6. The van der Waals surface area contributed by atoms with Gasteiger partial charge in [-0.05, 0) is 84.9 Å². The van der Waals surface area contributed by atoms with Crippen LogP contribution in [0.4, 0.5) is 0 Å². The molecule has 0 saturated carbocycles. The zero-order valence-electron chi connectivity index (χ0n) is 29.6. The summed E-state index contributed by atoms with van der Waals surface area (Å²) < 4.78 is 6.28. The van der Waals surface area contributed by atoms with Crippen LogP contribution in [0, 0.1) is 0 Å². The Labute approximate surface area is 317 Å². The number of nitrogens with zero attached hydrogens (tertiary/aromatic N) is 3. The van der Waals surface area contributed by atoms with E-state index in [4.69, 9.17) is 19.4 Å². The molecule has 0 amide bonds. The smallest absolute Gasteiger partial charge is 0.164 e. The second kappa shape index (κ2) is 12.6. The number of para-hydroxylation sites is 1. The lowest BCUT2D eigenvalue weighted by molar-refractivity contribution is 0.669. The lowest BCUT2D eigenvalue weighted by atomic mass is 9.94. The van der Waals surface area contributed by atoms with Gasteiger partial charge >= 0.3 is 0 Å². The van der Waals surface area contributed by atoms with Gasteiger partial charge in [0.25, 0.3) is 0 Å². The number of hydrogen-bond donors (Lipinski definition) is 0. The monoisotopic (exact) mass is 701 g/mol. The average molecular weight is 702 g/mol. The summed E-state index contributed by atoms with van der Waals surface area (Å²) in [6, 6.07) is 65.9. The van der Waals surface area contributed by atoms with Crippen molar-refractivity contribution in [3.8, 4) is 56.4 Å². The maximum Gasteiger partial charge on any atom is 0.164 e. The van der Waals surface area contributed by atoms with Crippen molar-refractivity contribution in [2.24, 2.45) is 0 Å². The third kappa shape index (κ3) is 5.34. The molecule has 0 fully saturated rings. The molecule has 4 nitrogen and oxygen atoms in total. The standard InChI is InChI=1S/C51H31N3O/c1-2-11-32(12-3-1)35-14-8-16-38(29-35)49-52-50(54-51(53-49)44-20-10-22-47-48(44)43-19-6-7-21-46(43)55-47)39-17-9-15-36(30-39)37-24-23-34-26-27-41-40-18-5-4-13-33(40)25-28-42(41)45(34)31-37/h1-31H. The molecule has 2 heterocycles. The summed E-state index contributed by atoms with van der Waals surface area (Å²) in [5.41, 5.74) is 8.82. The first-order valence-corrected chi connectivity index (χ1v) is 18.5. The molecule has 0 radical (unpaired) electrons. The zero-order chi connectivity index (χ0) is 36.3. The Morgan fingerprint density at radius 2 is 0.818 bits per heavy atom. The van der Waals surface area contributed by atoms with Crippen LogP contribution in [0.5, 0.6) is 0 Å². The molecule has 55 heavy (non-hydrogen) atoms. The number of benzene rings is 9. The second-order valence-corrected chi connectivity index (χ2v) is 14.0. The first-order chi connectivity index (χ1) is 27.2. The van der Waals surface area contributed by atoms with E-state index in [1.165, 1.54) is 32.3 Å². The van der Waals surface area contributed by atoms with Crippen molar-refractivity contribution in [3.63, 3.8) is 0 Å². The number of hydrogen-bond acceptors (Lipinski definition) is 4. The molecule has 0 unspecified atom stereocenters. The average Bonchev–Trinajstić information content (AvgIpc) is 3.65. The number of furan rings is 1. The molecule has 4 heteroatoms. The highest BCUT2D eigenvalue weighted by Gasteiger charge is 2.18. The maximum atomic E-state index is 6.28. The topological polar surface area (TPSA) is 51.8 Å². The Kier molecular flexibility index (Phi) is 7.14. The fourth-order valence-corrected chi connectivity index (χ4v) is 8.02. The first-order valence-electron chi connectivity index (χ1n) is 18.5. The second-order valence-electron chi connectivity index (χ2n) is 14.0. The molecule has 11 rings (SSSR count). The maximum absolute atomic E-state index is 6.28. The van der Waals surface area contributed by atoms with Gasteiger partial charge in [0.2, 0.25) is 0 Å². The van der Waals surface area contributed by atoms with E-state index in [9.17, 15) is 0 Å². The molecule has 0 spiro atoms. The minimum Gasteiger partial charge on any atom is -0.456 e. The lowest BCUT2D eigenvalue weighted by Gasteiger charge is -2.12. The van der Waals surface area contributed by atoms with Crippen molar-refractivity contribution in [3.05, 3.63) is 188 Å². The van der Waals surface area contributed by atoms with Gasteiger partial charge in [-0.15, -0.1) is 0 Å². The molecule has 11 aromatic rings. The Hall–Kier alpha value is -7.43. The Morgan fingerprint density at radius 3 is 1.60 bits per heavy atom. The molecular formula is C51H31N3O. The van der Waals surface area contributed by atoms with Crippen LogP contribution in [-0.4, -0.2) is 15.0 Å². The Balaban J connectivity index is 1.09. The van der Waals surface area contributed by atoms with E-state index < -0.39 is 0 Å². The number of aromatic nitrogens is 3. The molecule has 0 N–H and O–H groups in total. The molecular weight excluding hydrogens is 671 g/mol. The predicted molar refractivity (Wildman–Crippen MR) is 227 cm³/mol. The highest BCUT2D eigenvalue weighted by atomic mass is 16.3. The van der Waals surface area contributed by atoms with Gasteiger partial charge in [0.1, 0.15) is 11.2 Å². The van der Waals surface area contributed by atoms with Crippen LogP contribution in [0.2, 0.25) is 0 Å². The fraction of sp³-hybridized carbons (Fsp3) is 0. The molecule has 0 bridgehead atoms. The van der Waals surface area contributed by atoms with Crippen LogP contribution in [0.25, 0.3) is 111 Å². The zero-order valence-corrected chi connectivity index (χ0v) is 29.6. The van der Waals surface area contributed by atoms with E-state index in [0.717, 1.165) is 60.9 Å². The van der Waals surface area contributed by atoms with Crippen molar-refractivity contribution >= 4 is 54.3 Å². The van der Waals surface area contributed by atoms with Crippen molar-refractivity contribution < 1.29 is 4.42 Å². The van der Waals surface area contributed by atoms with E-state index in [2.05, 4.69) is 152 Å². The van der Waals surface area contributed by atoms with E-state index in [1.54, 1.807) is 0 Å². The van der Waals surface area contributed by atoms with Gasteiger partial charge in [-0.1, -0.05) is 158 Å². The summed E-state index contributed by atoms with van der Waals surface area (Å²) >= 11 is 0. The van der Waals surface area contributed by atoms with E-state index >= 15 is 0 Å². The molecule has 0 aliphatic heterocycles.